The van der Waals surface area contributed by atoms with Crippen molar-refractivity contribution in [3.63, 3.8) is 0 Å². The minimum Gasteiger partial charge on any atom is -0.454 e. The highest BCUT2D eigenvalue weighted by Crippen LogP contribution is 2.41. The molecule has 0 spiro atoms. The first-order chi connectivity index (χ1) is 22.8. The number of anilines is 3. The van der Waals surface area contributed by atoms with Crippen LogP contribution in [-0.4, -0.2) is 4.98 Å². The van der Waals surface area contributed by atoms with Crippen LogP contribution < -0.4 is 4.90 Å². The van der Waals surface area contributed by atoms with Crippen LogP contribution >= 0.6 is 0 Å². The van der Waals surface area contributed by atoms with Gasteiger partial charge in [0.05, 0.1) is 6.20 Å². The number of benzene rings is 7. The molecule has 2 heterocycles. The Morgan fingerprint density at radius 1 is 0.413 bits per heavy atom. The van der Waals surface area contributed by atoms with E-state index in [0.717, 1.165) is 39.0 Å². The molecule has 2 aromatic heterocycles. The van der Waals surface area contributed by atoms with Gasteiger partial charge in [0.1, 0.15) is 5.58 Å². The summed E-state index contributed by atoms with van der Waals surface area (Å²) in [6.07, 6.45) is 3.59. The molecule has 0 aliphatic rings. The Labute approximate surface area is 266 Å². The van der Waals surface area contributed by atoms with Crippen LogP contribution in [-0.2, 0) is 0 Å². The van der Waals surface area contributed by atoms with Gasteiger partial charge in [-0.3, -0.25) is 4.98 Å². The second-order valence-electron chi connectivity index (χ2n) is 11.6. The monoisotopic (exact) mass is 588 g/mol. The van der Waals surface area contributed by atoms with Crippen molar-refractivity contribution in [3.8, 4) is 22.3 Å². The van der Waals surface area contributed by atoms with E-state index in [1.165, 1.54) is 43.8 Å². The largest absolute Gasteiger partial charge is 0.454 e. The van der Waals surface area contributed by atoms with Crippen LogP contribution in [0.2, 0.25) is 0 Å². The van der Waals surface area contributed by atoms with Crippen molar-refractivity contribution in [1.82, 2.24) is 4.98 Å². The summed E-state index contributed by atoms with van der Waals surface area (Å²) in [5, 5.41) is 7.21. The fourth-order valence-electron chi connectivity index (χ4n) is 6.72. The molecule has 0 fully saturated rings. The van der Waals surface area contributed by atoms with Gasteiger partial charge in [0.15, 0.2) is 5.58 Å². The minimum absolute atomic E-state index is 0.792. The standard InChI is InChI=1S/C43H28N2O/c1-2-8-29(9-3-1)30-14-18-33(19-15-30)45(35-22-23-39-40-24-25-44-28-43(40)46-42(39)27-35)34-20-16-31(17-21-34)41-26-32-10-4-5-11-36(32)37-12-6-7-13-38(37)41/h1-28H. The maximum absolute atomic E-state index is 6.26. The fraction of sp³-hybridized carbons (Fsp3) is 0. The highest BCUT2D eigenvalue weighted by atomic mass is 16.3. The SMILES string of the molecule is c1ccc(-c2ccc(N(c3ccc(-c4cc5ccccc5c5ccccc45)cc3)c3ccc4c(c3)oc3cnccc34)cc2)cc1. The lowest BCUT2D eigenvalue weighted by atomic mass is 9.93. The number of hydrogen-bond donors (Lipinski definition) is 0. The second kappa shape index (κ2) is 10.8. The summed E-state index contributed by atoms with van der Waals surface area (Å²) >= 11 is 0. The Bertz CT molecular complexity index is 2510. The Balaban J connectivity index is 1.18. The summed E-state index contributed by atoms with van der Waals surface area (Å²) < 4.78 is 6.26. The van der Waals surface area contributed by atoms with E-state index in [4.69, 9.17) is 4.42 Å². The topological polar surface area (TPSA) is 29.3 Å². The molecule has 0 unspecified atom stereocenters. The van der Waals surface area contributed by atoms with Crippen molar-refractivity contribution in [3.05, 3.63) is 170 Å². The van der Waals surface area contributed by atoms with Crippen LogP contribution in [0.3, 0.4) is 0 Å². The molecule has 0 N–H and O–H groups in total. The maximum atomic E-state index is 6.26. The van der Waals surface area contributed by atoms with Crippen LogP contribution in [0, 0.1) is 0 Å². The van der Waals surface area contributed by atoms with Crippen molar-refractivity contribution >= 4 is 60.5 Å². The highest BCUT2D eigenvalue weighted by Gasteiger charge is 2.17. The number of nitrogens with zero attached hydrogens (tertiary/aromatic N) is 2. The third kappa shape index (κ3) is 4.41. The minimum atomic E-state index is 0.792. The molecule has 0 radical (unpaired) electrons. The van der Waals surface area contributed by atoms with E-state index in [9.17, 15) is 0 Å². The molecule has 0 saturated heterocycles. The Morgan fingerprint density at radius 3 is 1.80 bits per heavy atom. The van der Waals surface area contributed by atoms with E-state index in [-0.39, 0.29) is 0 Å². The van der Waals surface area contributed by atoms with Gasteiger partial charge in [-0.05, 0) is 92.3 Å². The number of hydrogen-bond acceptors (Lipinski definition) is 3. The summed E-state index contributed by atoms with van der Waals surface area (Å²) in [4.78, 5) is 6.55. The molecule has 0 bridgehead atoms. The van der Waals surface area contributed by atoms with E-state index in [1.54, 1.807) is 6.20 Å². The lowest BCUT2D eigenvalue weighted by molar-refractivity contribution is 0.667. The molecule has 7 aromatic carbocycles. The first-order valence-corrected chi connectivity index (χ1v) is 15.5. The summed E-state index contributed by atoms with van der Waals surface area (Å²) in [5.74, 6) is 0. The normalized spacial score (nSPS) is 11.5. The zero-order valence-corrected chi connectivity index (χ0v) is 25.0. The van der Waals surface area contributed by atoms with Gasteiger partial charge in [0.2, 0.25) is 0 Å². The van der Waals surface area contributed by atoms with E-state index >= 15 is 0 Å². The predicted molar refractivity (Wildman–Crippen MR) is 192 cm³/mol. The Kier molecular flexibility index (Phi) is 6.14. The van der Waals surface area contributed by atoms with Gasteiger partial charge in [-0.1, -0.05) is 103 Å². The summed E-state index contributed by atoms with van der Waals surface area (Å²) in [6.45, 7) is 0. The molecule has 3 nitrogen and oxygen atoms in total. The van der Waals surface area contributed by atoms with E-state index in [1.807, 2.05) is 18.3 Å². The average molecular weight is 589 g/mol. The summed E-state index contributed by atoms with van der Waals surface area (Å²) in [6, 6.07) is 56.3. The van der Waals surface area contributed by atoms with Gasteiger partial charge in [0.25, 0.3) is 0 Å². The maximum Gasteiger partial charge on any atom is 0.153 e. The molecular weight excluding hydrogens is 560 g/mol. The second-order valence-corrected chi connectivity index (χ2v) is 11.6. The molecule has 9 aromatic rings. The quantitative estimate of drug-likeness (QED) is 0.187. The number of pyridine rings is 1. The molecule has 0 aliphatic heterocycles. The van der Waals surface area contributed by atoms with Crippen molar-refractivity contribution in [2.45, 2.75) is 0 Å². The fourth-order valence-corrected chi connectivity index (χ4v) is 6.72. The van der Waals surface area contributed by atoms with Crippen LogP contribution in [0.5, 0.6) is 0 Å². The van der Waals surface area contributed by atoms with Crippen molar-refractivity contribution in [2.75, 3.05) is 4.90 Å². The Morgan fingerprint density at radius 2 is 1.02 bits per heavy atom. The van der Waals surface area contributed by atoms with Crippen molar-refractivity contribution in [1.29, 1.82) is 0 Å². The van der Waals surface area contributed by atoms with Gasteiger partial charge in [-0.25, -0.2) is 0 Å². The highest BCUT2D eigenvalue weighted by molar-refractivity contribution is 6.13. The van der Waals surface area contributed by atoms with E-state index in [2.05, 4.69) is 155 Å². The zero-order chi connectivity index (χ0) is 30.5. The smallest absolute Gasteiger partial charge is 0.153 e. The summed E-state index contributed by atoms with van der Waals surface area (Å²) in [7, 11) is 0. The summed E-state index contributed by atoms with van der Waals surface area (Å²) in [5.41, 5.74) is 9.59. The van der Waals surface area contributed by atoms with Gasteiger partial charge >= 0.3 is 0 Å². The van der Waals surface area contributed by atoms with Crippen LogP contribution in [0.25, 0.3) is 65.7 Å². The molecule has 0 amide bonds. The molecule has 0 aliphatic carbocycles. The molecule has 0 saturated carbocycles. The van der Waals surface area contributed by atoms with Crippen LogP contribution in [0.4, 0.5) is 17.1 Å². The molecule has 9 rings (SSSR count). The third-order valence-corrected chi connectivity index (χ3v) is 8.96. The first-order valence-electron chi connectivity index (χ1n) is 15.5. The number of furan rings is 1. The predicted octanol–water partition coefficient (Wildman–Crippen LogP) is 12.1. The lowest BCUT2D eigenvalue weighted by Gasteiger charge is -2.26. The molecule has 3 heteroatoms. The van der Waals surface area contributed by atoms with Gasteiger partial charge in [-0.2, -0.15) is 0 Å². The first kappa shape index (κ1) is 26.2. The van der Waals surface area contributed by atoms with Gasteiger partial charge in [0, 0.05) is 40.1 Å². The number of rotatable bonds is 5. The zero-order valence-electron chi connectivity index (χ0n) is 25.0. The van der Waals surface area contributed by atoms with Crippen molar-refractivity contribution < 1.29 is 4.42 Å². The molecule has 216 valence electrons. The van der Waals surface area contributed by atoms with Crippen molar-refractivity contribution in [2.24, 2.45) is 0 Å². The van der Waals surface area contributed by atoms with Crippen LogP contribution in [0.15, 0.2) is 175 Å². The number of fused-ring (bicyclic) bond motifs is 6. The number of aromatic nitrogens is 1. The lowest BCUT2D eigenvalue weighted by Crippen LogP contribution is -2.09. The molecule has 46 heavy (non-hydrogen) atoms. The van der Waals surface area contributed by atoms with E-state index in [0.29, 0.717) is 0 Å². The van der Waals surface area contributed by atoms with Crippen LogP contribution in [0.1, 0.15) is 0 Å². The third-order valence-electron chi connectivity index (χ3n) is 8.96. The van der Waals surface area contributed by atoms with E-state index < -0.39 is 0 Å². The molecular formula is C43H28N2O. The van der Waals surface area contributed by atoms with Gasteiger partial charge in [-0.15, -0.1) is 0 Å². The average Bonchev–Trinajstić information content (AvgIpc) is 3.50. The van der Waals surface area contributed by atoms with Gasteiger partial charge < -0.3 is 9.32 Å². The Hall–Kier alpha value is -6.19. The molecule has 0 atom stereocenters.